The molecule has 0 unspecified atom stereocenters. The maximum Gasteiger partial charge on any atom is 0.352 e. The Balaban J connectivity index is 2.23. The van der Waals surface area contributed by atoms with E-state index in [9.17, 15) is 9.59 Å². The second-order valence-corrected chi connectivity index (χ2v) is 5.46. The van der Waals surface area contributed by atoms with E-state index >= 15 is 0 Å². The molecule has 0 spiro atoms. The van der Waals surface area contributed by atoms with Crippen molar-refractivity contribution in [3.8, 4) is 0 Å². The summed E-state index contributed by atoms with van der Waals surface area (Å²) < 4.78 is 1.43. The number of carbonyl (C=O) groups is 2. The van der Waals surface area contributed by atoms with Gasteiger partial charge in [-0.2, -0.15) is 0 Å². The van der Waals surface area contributed by atoms with Crippen LogP contribution in [0, 0.1) is 0 Å². The molecule has 0 saturated heterocycles. The smallest absolute Gasteiger partial charge is 0.352 e. The quantitative estimate of drug-likeness (QED) is 0.676. The minimum atomic E-state index is -1.02. The summed E-state index contributed by atoms with van der Waals surface area (Å²) >= 11 is 0. The van der Waals surface area contributed by atoms with Gasteiger partial charge in [-0.15, -0.1) is 0 Å². The highest BCUT2D eigenvalue weighted by Crippen LogP contribution is 2.02. The molecule has 0 aliphatic heterocycles. The predicted molar refractivity (Wildman–Crippen MR) is 81.4 cm³/mol. The number of nitrogens with zero attached hydrogens (tertiary/aromatic N) is 2. The lowest BCUT2D eigenvalue weighted by molar-refractivity contribution is -0.121. The zero-order chi connectivity index (χ0) is 15.8. The molecule has 0 saturated carbocycles. The molecule has 21 heavy (non-hydrogen) atoms. The van der Waals surface area contributed by atoms with Crippen molar-refractivity contribution in [2.24, 2.45) is 0 Å². The molecule has 0 atom stereocenters. The fraction of sp³-hybridized carbons (Fsp3) is 0.600. The van der Waals surface area contributed by atoms with Gasteiger partial charge in [-0.05, 0) is 52.4 Å². The molecule has 6 heteroatoms. The Hall–Kier alpha value is -1.82. The van der Waals surface area contributed by atoms with Crippen molar-refractivity contribution < 1.29 is 14.7 Å². The molecular weight excluding hydrogens is 270 g/mol. The Morgan fingerprint density at radius 3 is 2.71 bits per heavy atom. The summed E-state index contributed by atoms with van der Waals surface area (Å²) in [5.41, 5.74) is 0.128. The summed E-state index contributed by atoms with van der Waals surface area (Å²) in [4.78, 5) is 24.9. The van der Waals surface area contributed by atoms with Gasteiger partial charge in [-0.1, -0.05) is 0 Å². The van der Waals surface area contributed by atoms with Gasteiger partial charge in [0.25, 0.3) is 0 Å². The average Bonchev–Trinajstić information content (AvgIpc) is 2.86. The van der Waals surface area contributed by atoms with Crippen LogP contribution < -0.4 is 5.32 Å². The second-order valence-electron chi connectivity index (χ2n) is 5.46. The number of carbonyl (C=O) groups excluding carboxylic acids is 1. The van der Waals surface area contributed by atoms with E-state index in [2.05, 4.69) is 31.1 Å². The number of aromatic carboxylic acids is 1. The lowest BCUT2D eigenvalue weighted by Crippen LogP contribution is -2.30. The zero-order valence-electron chi connectivity index (χ0n) is 13.0. The molecule has 0 fully saturated rings. The second kappa shape index (κ2) is 8.46. The third-order valence-corrected chi connectivity index (χ3v) is 3.50. The van der Waals surface area contributed by atoms with Gasteiger partial charge in [0.05, 0.1) is 0 Å². The van der Waals surface area contributed by atoms with Crippen LogP contribution in [0.2, 0.25) is 0 Å². The zero-order valence-corrected chi connectivity index (χ0v) is 13.0. The van der Waals surface area contributed by atoms with Crippen molar-refractivity contribution >= 4 is 11.9 Å². The van der Waals surface area contributed by atoms with Crippen LogP contribution in [0.1, 0.15) is 37.2 Å². The molecule has 1 rings (SSSR count). The van der Waals surface area contributed by atoms with E-state index in [1.54, 1.807) is 12.3 Å². The average molecular weight is 295 g/mol. The van der Waals surface area contributed by atoms with E-state index in [-0.39, 0.29) is 18.1 Å². The maximum absolute atomic E-state index is 11.8. The van der Waals surface area contributed by atoms with Crippen LogP contribution in [-0.2, 0) is 11.3 Å². The van der Waals surface area contributed by atoms with E-state index in [1.165, 1.54) is 10.6 Å². The number of carboxylic acids is 1. The standard InChI is InChI=1S/C15H25N3O3/c1-12(2)17(3)9-5-4-8-16-14(19)11-18-10-6-7-13(18)15(20)21/h6-7,10,12H,4-5,8-9,11H2,1-3H3,(H,16,19)(H,20,21). The molecule has 2 N–H and O–H groups in total. The Bertz CT molecular complexity index is 468. The predicted octanol–water partition coefficient (Wildman–Crippen LogP) is 1.42. The van der Waals surface area contributed by atoms with E-state index in [4.69, 9.17) is 5.11 Å². The minimum Gasteiger partial charge on any atom is -0.477 e. The van der Waals surface area contributed by atoms with Crippen molar-refractivity contribution in [1.82, 2.24) is 14.8 Å². The van der Waals surface area contributed by atoms with Gasteiger partial charge in [-0.3, -0.25) is 4.79 Å². The molecule has 118 valence electrons. The number of hydrogen-bond donors (Lipinski definition) is 2. The van der Waals surface area contributed by atoms with Crippen molar-refractivity contribution in [1.29, 1.82) is 0 Å². The highest BCUT2D eigenvalue weighted by atomic mass is 16.4. The molecule has 1 amide bonds. The Kier molecular flexibility index (Phi) is 6.94. The van der Waals surface area contributed by atoms with Crippen LogP contribution in [0.25, 0.3) is 0 Å². The number of amides is 1. The monoisotopic (exact) mass is 295 g/mol. The molecular formula is C15H25N3O3. The van der Waals surface area contributed by atoms with Gasteiger partial charge in [0.1, 0.15) is 12.2 Å². The van der Waals surface area contributed by atoms with Crippen molar-refractivity contribution in [3.63, 3.8) is 0 Å². The van der Waals surface area contributed by atoms with Crippen molar-refractivity contribution in [3.05, 3.63) is 24.0 Å². The SMILES string of the molecule is CC(C)N(C)CCCCNC(=O)Cn1cccc1C(=O)O. The van der Waals surface area contributed by atoms with Crippen LogP contribution in [0.3, 0.4) is 0 Å². The molecule has 0 bridgehead atoms. The molecule has 6 nitrogen and oxygen atoms in total. The molecule has 1 aromatic rings. The Morgan fingerprint density at radius 2 is 2.10 bits per heavy atom. The van der Waals surface area contributed by atoms with Crippen molar-refractivity contribution in [2.75, 3.05) is 20.1 Å². The highest BCUT2D eigenvalue weighted by Gasteiger charge is 2.11. The van der Waals surface area contributed by atoms with E-state index in [1.807, 2.05) is 0 Å². The fourth-order valence-electron chi connectivity index (χ4n) is 1.93. The number of unbranched alkanes of at least 4 members (excludes halogenated alkanes) is 1. The lowest BCUT2D eigenvalue weighted by Gasteiger charge is -2.20. The van der Waals surface area contributed by atoms with Crippen LogP contribution in [-0.4, -0.2) is 52.6 Å². The summed E-state index contributed by atoms with van der Waals surface area (Å²) in [6.07, 6.45) is 3.54. The van der Waals surface area contributed by atoms with Gasteiger partial charge in [0, 0.05) is 18.8 Å². The molecule has 1 aromatic heterocycles. The number of rotatable bonds is 9. The number of hydrogen-bond acceptors (Lipinski definition) is 3. The van der Waals surface area contributed by atoms with Gasteiger partial charge >= 0.3 is 5.97 Å². The first-order valence-electron chi connectivity index (χ1n) is 7.27. The summed E-state index contributed by atoms with van der Waals surface area (Å²) in [6.45, 7) is 5.97. The molecule has 0 aliphatic carbocycles. The third-order valence-electron chi connectivity index (χ3n) is 3.50. The largest absolute Gasteiger partial charge is 0.477 e. The van der Waals surface area contributed by atoms with Gasteiger partial charge in [-0.25, -0.2) is 4.79 Å². The molecule has 0 aromatic carbocycles. The fourth-order valence-corrected chi connectivity index (χ4v) is 1.93. The van der Waals surface area contributed by atoms with Gasteiger partial charge in [0.15, 0.2) is 0 Å². The van der Waals surface area contributed by atoms with Crippen LogP contribution >= 0.6 is 0 Å². The minimum absolute atomic E-state index is 0.0422. The molecule has 0 aliphatic rings. The lowest BCUT2D eigenvalue weighted by atomic mass is 10.2. The highest BCUT2D eigenvalue weighted by molar-refractivity contribution is 5.86. The number of aromatic nitrogens is 1. The number of carboxylic acid groups (broad SMARTS) is 1. The first kappa shape index (κ1) is 17.2. The van der Waals surface area contributed by atoms with E-state index < -0.39 is 5.97 Å². The van der Waals surface area contributed by atoms with E-state index in [0.717, 1.165) is 19.4 Å². The topological polar surface area (TPSA) is 74.6 Å². The first-order valence-corrected chi connectivity index (χ1v) is 7.27. The Labute approximate surface area is 125 Å². The first-order chi connectivity index (χ1) is 9.91. The van der Waals surface area contributed by atoms with E-state index in [0.29, 0.717) is 12.6 Å². The normalized spacial score (nSPS) is 11.1. The summed E-state index contributed by atoms with van der Waals surface area (Å²) in [5.74, 6) is -1.18. The maximum atomic E-state index is 11.8. The Morgan fingerprint density at radius 1 is 1.38 bits per heavy atom. The molecule has 0 radical (unpaired) electrons. The van der Waals surface area contributed by atoms with Crippen molar-refractivity contribution in [2.45, 2.75) is 39.3 Å². The molecule has 1 heterocycles. The van der Waals surface area contributed by atoms with Crippen LogP contribution in [0.5, 0.6) is 0 Å². The van der Waals surface area contributed by atoms with Gasteiger partial charge in [0.2, 0.25) is 5.91 Å². The van der Waals surface area contributed by atoms with Crippen LogP contribution in [0.4, 0.5) is 0 Å². The van der Waals surface area contributed by atoms with Crippen LogP contribution in [0.15, 0.2) is 18.3 Å². The van der Waals surface area contributed by atoms with Gasteiger partial charge < -0.3 is 19.9 Å². The summed E-state index contributed by atoms with van der Waals surface area (Å²) in [7, 11) is 2.09. The third kappa shape index (κ3) is 5.99. The summed E-state index contributed by atoms with van der Waals surface area (Å²) in [5, 5.41) is 11.8. The number of nitrogens with one attached hydrogen (secondary N) is 1. The summed E-state index contributed by atoms with van der Waals surface area (Å²) in [6, 6.07) is 3.64.